The molecule has 0 saturated heterocycles. The Morgan fingerprint density at radius 1 is 1.16 bits per heavy atom. The van der Waals surface area contributed by atoms with Crippen molar-refractivity contribution in [2.45, 2.75) is 58.1 Å². The first kappa shape index (κ1) is 20.6. The third-order valence-electron chi connectivity index (χ3n) is 6.18. The van der Waals surface area contributed by atoms with Crippen LogP contribution in [-0.2, 0) is 0 Å². The van der Waals surface area contributed by atoms with Gasteiger partial charge in [-0.3, -0.25) is 0 Å². The summed E-state index contributed by atoms with van der Waals surface area (Å²) < 4.78 is 7.45. The number of hydrogen-bond donors (Lipinski definition) is 2. The zero-order valence-corrected chi connectivity index (χ0v) is 18.4. The van der Waals surface area contributed by atoms with E-state index in [2.05, 4.69) is 20.5 Å². The molecule has 0 spiro atoms. The first-order valence-corrected chi connectivity index (χ1v) is 11.3. The van der Waals surface area contributed by atoms with Crippen molar-refractivity contribution in [1.29, 1.82) is 0 Å². The van der Waals surface area contributed by atoms with Gasteiger partial charge in [0.2, 0.25) is 11.8 Å². The highest BCUT2D eigenvalue weighted by atomic mass is 16.4. The van der Waals surface area contributed by atoms with Gasteiger partial charge in [0.25, 0.3) is 0 Å². The molecular weight excluding hydrogens is 404 g/mol. The lowest BCUT2D eigenvalue weighted by molar-refractivity contribution is 0.141. The normalized spacial score (nSPS) is 19.8. The van der Waals surface area contributed by atoms with E-state index in [1.165, 1.54) is 12.8 Å². The van der Waals surface area contributed by atoms with E-state index >= 15 is 0 Å². The summed E-state index contributed by atoms with van der Waals surface area (Å²) in [6.45, 7) is 3.65. The molecule has 2 N–H and O–H groups in total. The van der Waals surface area contributed by atoms with E-state index in [1.807, 2.05) is 54.0 Å². The Bertz CT molecular complexity index is 1210. The Morgan fingerprint density at radius 3 is 2.81 bits per heavy atom. The summed E-state index contributed by atoms with van der Waals surface area (Å²) in [6.07, 6.45) is 7.04. The number of nitrogens with zero attached hydrogens (tertiary/aromatic N) is 5. The van der Waals surface area contributed by atoms with Crippen LogP contribution in [-0.4, -0.2) is 42.0 Å². The van der Waals surface area contributed by atoms with Crippen LogP contribution in [0.2, 0.25) is 0 Å². The van der Waals surface area contributed by atoms with Crippen LogP contribution in [0.4, 0.5) is 5.82 Å². The number of imidazole rings is 1. The molecule has 32 heavy (non-hydrogen) atoms. The van der Waals surface area contributed by atoms with Gasteiger partial charge in [0.15, 0.2) is 5.65 Å². The van der Waals surface area contributed by atoms with Gasteiger partial charge < -0.3 is 14.8 Å². The van der Waals surface area contributed by atoms with Gasteiger partial charge in [0.1, 0.15) is 5.82 Å². The lowest BCUT2D eigenvalue weighted by atomic mass is 9.81. The molecule has 8 heteroatoms. The van der Waals surface area contributed by atoms with Crippen molar-refractivity contribution in [2.24, 2.45) is 5.92 Å². The lowest BCUT2D eigenvalue weighted by Crippen LogP contribution is -2.34. The molecule has 1 aromatic carbocycles. The van der Waals surface area contributed by atoms with Gasteiger partial charge in [-0.1, -0.05) is 25.0 Å². The van der Waals surface area contributed by atoms with Gasteiger partial charge in [0, 0.05) is 24.1 Å². The average Bonchev–Trinajstić information content (AvgIpc) is 3.41. The zero-order chi connectivity index (χ0) is 22.1. The Balaban J connectivity index is 1.44. The molecule has 1 aliphatic carbocycles. The fourth-order valence-corrected chi connectivity index (χ4v) is 4.68. The molecule has 1 aliphatic rings. The third kappa shape index (κ3) is 4.23. The molecule has 0 aliphatic heterocycles. The van der Waals surface area contributed by atoms with Crippen LogP contribution in [0, 0.1) is 12.8 Å². The van der Waals surface area contributed by atoms with Gasteiger partial charge in [-0.15, -0.1) is 15.3 Å². The van der Waals surface area contributed by atoms with Crippen LogP contribution in [0.3, 0.4) is 0 Å². The fourth-order valence-electron chi connectivity index (χ4n) is 4.68. The number of aryl methyl sites for hydroxylation is 1. The van der Waals surface area contributed by atoms with E-state index in [-0.39, 0.29) is 6.10 Å². The van der Waals surface area contributed by atoms with E-state index in [4.69, 9.17) is 9.52 Å². The van der Waals surface area contributed by atoms with Crippen molar-refractivity contribution in [3.63, 3.8) is 0 Å². The molecule has 3 atom stereocenters. The van der Waals surface area contributed by atoms with Crippen molar-refractivity contribution < 1.29 is 9.52 Å². The van der Waals surface area contributed by atoms with Crippen molar-refractivity contribution in [2.75, 3.05) is 5.32 Å². The SMILES string of the molecule is Cc1nnc(-c2cccc(-c3cnc4ccc(NC5CCCCC5CC(C)O)nn34)c2)o1. The Morgan fingerprint density at radius 2 is 2.00 bits per heavy atom. The van der Waals surface area contributed by atoms with E-state index in [0.717, 1.165) is 47.5 Å². The number of hydrogen-bond acceptors (Lipinski definition) is 7. The summed E-state index contributed by atoms with van der Waals surface area (Å²) in [5.74, 6) is 2.31. The number of rotatable bonds is 6. The van der Waals surface area contributed by atoms with Crippen molar-refractivity contribution in [3.8, 4) is 22.7 Å². The summed E-state index contributed by atoms with van der Waals surface area (Å²) in [6, 6.07) is 12.2. The molecule has 8 nitrogen and oxygen atoms in total. The third-order valence-corrected chi connectivity index (χ3v) is 6.18. The van der Waals surface area contributed by atoms with Crippen LogP contribution in [0.1, 0.15) is 44.9 Å². The second kappa shape index (κ2) is 8.70. The number of anilines is 1. The molecule has 0 radical (unpaired) electrons. The summed E-state index contributed by atoms with van der Waals surface area (Å²) in [5, 5.41) is 26.4. The van der Waals surface area contributed by atoms with Gasteiger partial charge in [-0.05, 0) is 56.4 Å². The molecule has 1 fully saturated rings. The molecule has 0 bridgehead atoms. The van der Waals surface area contributed by atoms with Gasteiger partial charge in [0.05, 0.1) is 18.0 Å². The zero-order valence-electron chi connectivity index (χ0n) is 18.4. The number of aliphatic hydroxyl groups excluding tert-OH is 1. The molecule has 166 valence electrons. The number of nitrogens with one attached hydrogen (secondary N) is 1. The second-order valence-corrected chi connectivity index (χ2v) is 8.72. The van der Waals surface area contributed by atoms with Crippen LogP contribution in [0.25, 0.3) is 28.4 Å². The minimum atomic E-state index is -0.284. The highest BCUT2D eigenvalue weighted by Crippen LogP contribution is 2.31. The number of fused-ring (bicyclic) bond motifs is 1. The van der Waals surface area contributed by atoms with Gasteiger partial charge in [-0.2, -0.15) is 0 Å². The van der Waals surface area contributed by atoms with E-state index in [0.29, 0.717) is 23.7 Å². The van der Waals surface area contributed by atoms with Crippen molar-refractivity contribution in [3.05, 3.63) is 48.5 Å². The summed E-state index contributed by atoms with van der Waals surface area (Å²) in [7, 11) is 0. The first-order chi connectivity index (χ1) is 15.6. The van der Waals surface area contributed by atoms with E-state index < -0.39 is 0 Å². The largest absolute Gasteiger partial charge is 0.421 e. The molecule has 3 aromatic heterocycles. The topological polar surface area (TPSA) is 101 Å². The fraction of sp³-hybridized carbons (Fsp3) is 0.417. The van der Waals surface area contributed by atoms with Crippen LogP contribution in [0.5, 0.6) is 0 Å². The predicted octanol–water partition coefficient (Wildman–Crippen LogP) is 4.50. The number of aromatic nitrogens is 5. The van der Waals surface area contributed by atoms with Crippen LogP contribution in [0.15, 0.2) is 47.0 Å². The van der Waals surface area contributed by atoms with E-state index in [1.54, 1.807) is 6.92 Å². The first-order valence-electron chi connectivity index (χ1n) is 11.3. The number of aliphatic hydroxyl groups is 1. The number of benzene rings is 1. The maximum absolute atomic E-state index is 9.90. The molecule has 0 amide bonds. The average molecular weight is 433 g/mol. The quantitative estimate of drug-likeness (QED) is 0.463. The van der Waals surface area contributed by atoms with Gasteiger partial charge >= 0.3 is 0 Å². The molecule has 4 aromatic rings. The minimum absolute atomic E-state index is 0.284. The Hall–Kier alpha value is -3.26. The van der Waals surface area contributed by atoms with Crippen LogP contribution < -0.4 is 5.32 Å². The maximum Gasteiger partial charge on any atom is 0.247 e. The molecule has 3 unspecified atom stereocenters. The smallest absolute Gasteiger partial charge is 0.247 e. The minimum Gasteiger partial charge on any atom is -0.421 e. The van der Waals surface area contributed by atoms with Crippen LogP contribution >= 0.6 is 0 Å². The standard InChI is InChI=1S/C24H28N6O2/c1-15(31)12-17-6-3-4-9-20(17)26-22-10-11-23-25-14-21(30(23)29-22)18-7-5-8-19(13-18)24-28-27-16(2)32-24/h5,7-8,10-11,13-15,17,20,31H,3-4,6,9,12H2,1-2H3,(H,26,29). The van der Waals surface area contributed by atoms with Gasteiger partial charge in [-0.25, -0.2) is 9.50 Å². The maximum atomic E-state index is 9.90. The van der Waals surface area contributed by atoms with Crippen molar-refractivity contribution >= 4 is 11.5 Å². The molecule has 3 heterocycles. The monoisotopic (exact) mass is 432 g/mol. The lowest BCUT2D eigenvalue weighted by Gasteiger charge is -2.33. The summed E-state index contributed by atoms with van der Waals surface area (Å²) in [4.78, 5) is 4.53. The van der Waals surface area contributed by atoms with Crippen molar-refractivity contribution in [1.82, 2.24) is 24.8 Å². The summed E-state index contributed by atoms with van der Waals surface area (Å²) >= 11 is 0. The van der Waals surface area contributed by atoms with E-state index in [9.17, 15) is 5.11 Å². The highest BCUT2D eigenvalue weighted by Gasteiger charge is 2.26. The molecular formula is C24H28N6O2. The highest BCUT2D eigenvalue weighted by molar-refractivity contribution is 5.69. The molecule has 5 rings (SSSR count). The second-order valence-electron chi connectivity index (χ2n) is 8.72. The Kier molecular flexibility index (Phi) is 5.61. The Labute approximate surface area is 186 Å². The predicted molar refractivity (Wildman–Crippen MR) is 122 cm³/mol. The molecule has 1 saturated carbocycles. The summed E-state index contributed by atoms with van der Waals surface area (Å²) in [5.41, 5.74) is 3.51.